The molecular weight excluding hydrogens is 344 g/mol. The van der Waals surface area contributed by atoms with Crippen LogP contribution in [0.2, 0.25) is 0 Å². The maximum absolute atomic E-state index is 12.7. The van der Waals surface area contributed by atoms with Crippen LogP contribution in [0.1, 0.15) is 46.5 Å². The van der Waals surface area contributed by atoms with Gasteiger partial charge in [0.25, 0.3) is 0 Å². The predicted molar refractivity (Wildman–Crippen MR) is 105 cm³/mol. The van der Waals surface area contributed by atoms with E-state index in [4.69, 9.17) is 0 Å². The van der Waals surface area contributed by atoms with Crippen LogP contribution in [0.25, 0.3) is 0 Å². The zero-order valence-electron chi connectivity index (χ0n) is 17.4. The van der Waals surface area contributed by atoms with Gasteiger partial charge in [-0.3, -0.25) is 19.3 Å². The van der Waals surface area contributed by atoms with Crippen molar-refractivity contribution < 1.29 is 14.4 Å². The molecule has 0 aromatic rings. The van der Waals surface area contributed by atoms with Crippen molar-refractivity contribution in [1.82, 2.24) is 20.0 Å². The van der Waals surface area contributed by atoms with Crippen LogP contribution < -0.4 is 5.32 Å². The summed E-state index contributed by atoms with van der Waals surface area (Å²) in [4.78, 5) is 42.2. The highest BCUT2D eigenvalue weighted by Gasteiger charge is 2.31. The maximum Gasteiger partial charge on any atom is 0.236 e. The first-order valence-corrected chi connectivity index (χ1v) is 10.3. The molecule has 7 nitrogen and oxygen atoms in total. The van der Waals surface area contributed by atoms with Crippen molar-refractivity contribution in [2.75, 3.05) is 46.3 Å². The van der Waals surface area contributed by atoms with Gasteiger partial charge in [0, 0.05) is 52.1 Å². The van der Waals surface area contributed by atoms with E-state index in [1.54, 1.807) is 0 Å². The number of nitrogens with one attached hydrogen (secondary N) is 1. The van der Waals surface area contributed by atoms with Crippen molar-refractivity contribution in [3.8, 4) is 0 Å². The lowest BCUT2D eigenvalue weighted by Crippen LogP contribution is -2.49. The van der Waals surface area contributed by atoms with Gasteiger partial charge in [-0.15, -0.1) is 0 Å². The van der Waals surface area contributed by atoms with Crippen molar-refractivity contribution in [3.63, 3.8) is 0 Å². The van der Waals surface area contributed by atoms with E-state index < -0.39 is 0 Å². The van der Waals surface area contributed by atoms with Gasteiger partial charge < -0.3 is 15.1 Å². The number of rotatable bonds is 6. The summed E-state index contributed by atoms with van der Waals surface area (Å²) < 4.78 is 0. The van der Waals surface area contributed by atoms with Gasteiger partial charge >= 0.3 is 0 Å². The summed E-state index contributed by atoms with van der Waals surface area (Å²) in [7, 11) is 1.86. The van der Waals surface area contributed by atoms with Crippen LogP contribution in [-0.2, 0) is 14.4 Å². The fraction of sp³-hybridized carbons (Fsp3) is 0.850. The van der Waals surface area contributed by atoms with Crippen LogP contribution in [0.15, 0.2) is 0 Å². The number of nitrogens with zero attached hydrogens (tertiary/aromatic N) is 3. The maximum atomic E-state index is 12.7. The highest BCUT2D eigenvalue weighted by Crippen LogP contribution is 2.21. The smallest absolute Gasteiger partial charge is 0.236 e. The van der Waals surface area contributed by atoms with Crippen molar-refractivity contribution in [2.45, 2.75) is 52.5 Å². The Labute approximate surface area is 163 Å². The summed E-state index contributed by atoms with van der Waals surface area (Å²) in [5.41, 5.74) is 0. The van der Waals surface area contributed by atoms with Gasteiger partial charge in [0.1, 0.15) is 0 Å². The molecule has 0 saturated carbocycles. The van der Waals surface area contributed by atoms with Crippen molar-refractivity contribution in [3.05, 3.63) is 0 Å². The van der Waals surface area contributed by atoms with Crippen LogP contribution in [0.4, 0.5) is 0 Å². The van der Waals surface area contributed by atoms with Gasteiger partial charge in [-0.25, -0.2) is 0 Å². The van der Waals surface area contributed by atoms with Gasteiger partial charge in [-0.2, -0.15) is 0 Å². The van der Waals surface area contributed by atoms with Gasteiger partial charge in [0.15, 0.2) is 0 Å². The van der Waals surface area contributed by atoms with Gasteiger partial charge in [-0.1, -0.05) is 0 Å². The first-order valence-electron chi connectivity index (χ1n) is 10.3. The minimum absolute atomic E-state index is 0.00345. The summed E-state index contributed by atoms with van der Waals surface area (Å²) in [5.74, 6) is 0.833. The second-order valence-corrected chi connectivity index (χ2v) is 8.38. The first-order chi connectivity index (χ1) is 12.8. The zero-order valence-corrected chi connectivity index (χ0v) is 17.4. The van der Waals surface area contributed by atoms with E-state index >= 15 is 0 Å². The molecule has 2 aliphatic heterocycles. The first kappa shape index (κ1) is 21.7. The molecule has 0 bridgehead atoms. The van der Waals surface area contributed by atoms with Crippen molar-refractivity contribution in [1.29, 1.82) is 0 Å². The molecule has 0 radical (unpaired) electrons. The normalized spacial score (nSPS) is 22.0. The molecule has 2 saturated heterocycles. The average molecular weight is 381 g/mol. The number of amides is 3. The minimum atomic E-state index is 0.00345. The topological polar surface area (TPSA) is 73.0 Å². The number of hydrogen-bond donors (Lipinski definition) is 1. The van der Waals surface area contributed by atoms with E-state index in [2.05, 4.69) is 10.2 Å². The minimum Gasteiger partial charge on any atom is -0.356 e. The van der Waals surface area contributed by atoms with E-state index in [-0.39, 0.29) is 29.7 Å². The lowest BCUT2D eigenvalue weighted by molar-refractivity contribution is -0.141. The highest BCUT2D eigenvalue weighted by atomic mass is 16.2. The van der Waals surface area contributed by atoms with Crippen LogP contribution in [0, 0.1) is 11.8 Å². The molecular formula is C20H36N4O3. The summed E-state index contributed by atoms with van der Waals surface area (Å²) in [6.45, 7) is 9.86. The Balaban J connectivity index is 1.75. The van der Waals surface area contributed by atoms with E-state index in [9.17, 15) is 14.4 Å². The Morgan fingerprint density at radius 2 is 1.78 bits per heavy atom. The van der Waals surface area contributed by atoms with Crippen LogP contribution in [-0.4, -0.2) is 84.8 Å². The molecule has 2 rings (SSSR count). The molecule has 0 spiro atoms. The average Bonchev–Trinajstić information content (AvgIpc) is 2.65. The second kappa shape index (κ2) is 10.1. The predicted octanol–water partition coefficient (Wildman–Crippen LogP) is 0.940. The lowest BCUT2D eigenvalue weighted by atomic mass is 9.94. The van der Waals surface area contributed by atoms with Crippen molar-refractivity contribution >= 4 is 17.7 Å². The van der Waals surface area contributed by atoms with E-state index in [0.717, 1.165) is 38.8 Å². The quantitative estimate of drug-likeness (QED) is 0.744. The molecule has 2 fully saturated rings. The summed E-state index contributed by atoms with van der Waals surface area (Å²) >= 11 is 0. The zero-order chi connectivity index (χ0) is 20.0. The lowest BCUT2D eigenvalue weighted by Gasteiger charge is -2.37. The summed E-state index contributed by atoms with van der Waals surface area (Å²) in [5, 5.41) is 2.89. The molecule has 0 aliphatic carbocycles. The highest BCUT2D eigenvalue weighted by molar-refractivity contribution is 5.81. The van der Waals surface area contributed by atoms with Gasteiger partial charge in [0.05, 0.1) is 6.54 Å². The van der Waals surface area contributed by atoms with E-state index in [1.165, 1.54) is 6.92 Å². The monoisotopic (exact) mass is 380 g/mol. The largest absolute Gasteiger partial charge is 0.356 e. The molecule has 1 unspecified atom stereocenters. The Morgan fingerprint density at radius 1 is 1.11 bits per heavy atom. The van der Waals surface area contributed by atoms with Crippen LogP contribution in [0.3, 0.4) is 0 Å². The SMILES string of the molecule is CC(=O)NCC1CCCN(CC(=O)N2CCC(C(=O)N(C)C(C)C)CC2)C1. The number of likely N-dealkylation sites (tertiary alicyclic amines) is 2. The van der Waals surface area contributed by atoms with Crippen molar-refractivity contribution in [2.24, 2.45) is 11.8 Å². The molecule has 0 aromatic carbocycles. The fourth-order valence-corrected chi connectivity index (χ4v) is 3.96. The third kappa shape index (κ3) is 6.48. The Kier molecular flexibility index (Phi) is 8.07. The van der Waals surface area contributed by atoms with Gasteiger partial charge in [0.2, 0.25) is 17.7 Å². The molecule has 2 heterocycles. The second-order valence-electron chi connectivity index (χ2n) is 8.38. The van der Waals surface area contributed by atoms with Crippen LogP contribution >= 0.6 is 0 Å². The number of carbonyl (C=O) groups excluding carboxylic acids is 3. The van der Waals surface area contributed by atoms with Gasteiger partial charge in [-0.05, 0) is 52.0 Å². The molecule has 2 aliphatic rings. The number of hydrogen-bond acceptors (Lipinski definition) is 4. The Morgan fingerprint density at radius 3 is 2.37 bits per heavy atom. The standard InChI is InChI=1S/C20H36N4O3/c1-15(2)22(4)20(27)18-7-10-24(11-8-18)19(26)14-23-9-5-6-17(13-23)12-21-16(3)25/h15,17-18H,5-14H2,1-4H3,(H,21,25). The van der Waals surface area contributed by atoms with Crippen LogP contribution in [0.5, 0.6) is 0 Å². The molecule has 1 atom stereocenters. The molecule has 3 amide bonds. The Hall–Kier alpha value is -1.63. The van der Waals surface area contributed by atoms with E-state index in [1.807, 2.05) is 30.7 Å². The number of piperidine rings is 2. The molecule has 154 valence electrons. The Bertz CT molecular complexity index is 529. The molecule has 1 N–H and O–H groups in total. The fourth-order valence-electron chi connectivity index (χ4n) is 3.96. The molecule has 0 aromatic heterocycles. The van der Waals surface area contributed by atoms with E-state index in [0.29, 0.717) is 32.1 Å². The summed E-state index contributed by atoms with van der Waals surface area (Å²) in [6.07, 6.45) is 3.68. The third-order valence-electron chi connectivity index (χ3n) is 5.92. The molecule has 7 heteroatoms. The third-order valence-corrected chi connectivity index (χ3v) is 5.92. The number of carbonyl (C=O) groups is 3. The molecule has 27 heavy (non-hydrogen) atoms. The summed E-state index contributed by atoms with van der Waals surface area (Å²) in [6, 6.07) is 0.210.